The second-order valence-electron chi connectivity index (χ2n) is 7.02. The monoisotopic (exact) mass is 435 g/mol. The number of aromatic nitrogens is 2. The standard InChI is InChI=1S/C24H22FN3O4/c1-30-20-11-9-16(22(31-2)23(20)32-3)24(29)26-15-8-10-18-19(13-15)28-21(27-18)12-14-6-4-5-7-17(14)25/h4-11,13H,12H2,1-3H3,(H,26,29)(H,27,28). The van der Waals surface area contributed by atoms with Crippen LogP contribution in [0.4, 0.5) is 10.1 Å². The fourth-order valence-corrected chi connectivity index (χ4v) is 3.52. The predicted octanol–water partition coefficient (Wildman–Crippen LogP) is 4.57. The summed E-state index contributed by atoms with van der Waals surface area (Å²) < 4.78 is 30.0. The van der Waals surface area contributed by atoms with Gasteiger partial charge in [0.05, 0.1) is 37.9 Å². The van der Waals surface area contributed by atoms with Crippen LogP contribution in [-0.4, -0.2) is 37.2 Å². The zero-order valence-electron chi connectivity index (χ0n) is 17.9. The SMILES string of the molecule is COc1ccc(C(=O)Nc2ccc3nc(Cc4ccccc4F)[nH]c3c2)c(OC)c1OC. The van der Waals surface area contributed by atoms with Crippen LogP contribution in [0, 0.1) is 5.82 Å². The van der Waals surface area contributed by atoms with Crippen molar-refractivity contribution in [2.45, 2.75) is 6.42 Å². The van der Waals surface area contributed by atoms with E-state index in [0.717, 1.165) is 11.0 Å². The summed E-state index contributed by atoms with van der Waals surface area (Å²) >= 11 is 0. The van der Waals surface area contributed by atoms with E-state index in [9.17, 15) is 9.18 Å². The van der Waals surface area contributed by atoms with Gasteiger partial charge >= 0.3 is 0 Å². The Hall–Kier alpha value is -4.07. The minimum Gasteiger partial charge on any atom is -0.493 e. The normalized spacial score (nSPS) is 10.8. The molecule has 8 heteroatoms. The molecule has 3 aromatic carbocycles. The molecule has 0 aliphatic carbocycles. The van der Waals surface area contributed by atoms with Gasteiger partial charge in [0.1, 0.15) is 11.6 Å². The van der Waals surface area contributed by atoms with E-state index in [-0.39, 0.29) is 17.5 Å². The number of carbonyl (C=O) groups excluding carboxylic acids is 1. The number of imidazole rings is 1. The highest BCUT2D eigenvalue weighted by Crippen LogP contribution is 2.40. The van der Waals surface area contributed by atoms with E-state index in [1.165, 1.54) is 27.4 Å². The van der Waals surface area contributed by atoms with Crippen molar-refractivity contribution < 1.29 is 23.4 Å². The largest absolute Gasteiger partial charge is 0.493 e. The van der Waals surface area contributed by atoms with Gasteiger partial charge in [-0.25, -0.2) is 9.37 Å². The van der Waals surface area contributed by atoms with Crippen molar-refractivity contribution in [1.29, 1.82) is 0 Å². The van der Waals surface area contributed by atoms with E-state index in [4.69, 9.17) is 14.2 Å². The van der Waals surface area contributed by atoms with E-state index in [1.54, 1.807) is 48.5 Å². The predicted molar refractivity (Wildman–Crippen MR) is 119 cm³/mol. The number of H-pyrrole nitrogens is 1. The lowest BCUT2D eigenvalue weighted by atomic mass is 10.1. The molecule has 0 saturated heterocycles. The number of carbonyl (C=O) groups is 1. The van der Waals surface area contributed by atoms with Crippen LogP contribution in [0.15, 0.2) is 54.6 Å². The Bertz CT molecular complexity index is 1290. The highest BCUT2D eigenvalue weighted by molar-refractivity contribution is 6.07. The average molecular weight is 435 g/mol. The molecule has 4 aromatic rings. The molecule has 0 fully saturated rings. The highest BCUT2D eigenvalue weighted by Gasteiger charge is 2.21. The van der Waals surface area contributed by atoms with Crippen LogP contribution in [0.1, 0.15) is 21.7 Å². The van der Waals surface area contributed by atoms with Gasteiger partial charge in [0.2, 0.25) is 5.75 Å². The van der Waals surface area contributed by atoms with Crippen LogP contribution in [0.3, 0.4) is 0 Å². The van der Waals surface area contributed by atoms with Crippen LogP contribution < -0.4 is 19.5 Å². The number of hydrogen-bond acceptors (Lipinski definition) is 5. The number of anilines is 1. The first-order chi connectivity index (χ1) is 15.5. The molecule has 0 unspecified atom stereocenters. The molecule has 0 aliphatic rings. The molecule has 0 spiro atoms. The summed E-state index contributed by atoms with van der Waals surface area (Å²) in [5.41, 5.74) is 2.88. The Balaban J connectivity index is 1.58. The molecular weight excluding hydrogens is 413 g/mol. The van der Waals surface area contributed by atoms with Crippen LogP contribution in [0.5, 0.6) is 17.2 Å². The highest BCUT2D eigenvalue weighted by atomic mass is 19.1. The van der Waals surface area contributed by atoms with Gasteiger partial charge in [0.25, 0.3) is 5.91 Å². The smallest absolute Gasteiger partial charge is 0.259 e. The van der Waals surface area contributed by atoms with E-state index in [0.29, 0.717) is 40.6 Å². The number of halogens is 1. The maximum Gasteiger partial charge on any atom is 0.259 e. The van der Waals surface area contributed by atoms with E-state index >= 15 is 0 Å². The number of fused-ring (bicyclic) bond motifs is 1. The van der Waals surface area contributed by atoms with Crippen molar-refractivity contribution in [3.63, 3.8) is 0 Å². The van der Waals surface area contributed by atoms with Crippen molar-refractivity contribution in [2.24, 2.45) is 0 Å². The second kappa shape index (κ2) is 8.97. The summed E-state index contributed by atoms with van der Waals surface area (Å²) in [6.07, 6.45) is 0.339. The number of benzene rings is 3. The molecule has 4 rings (SSSR count). The van der Waals surface area contributed by atoms with Gasteiger partial charge in [-0.1, -0.05) is 18.2 Å². The number of aromatic amines is 1. The Morgan fingerprint density at radius 1 is 1.00 bits per heavy atom. The number of nitrogens with one attached hydrogen (secondary N) is 2. The molecular formula is C24H22FN3O4. The molecule has 1 heterocycles. The van der Waals surface area contributed by atoms with Crippen LogP contribution >= 0.6 is 0 Å². The van der Waals surface area contributed by atoms with Gasteiger partial charge in [-0.2, -0.15) is 0 Å². The van der Waals surface area contributed by atoms with Crippen molar-refractivity contribution >= 4 is 22.6 Å². The molecule has 1 amide bonds. The molecule has 164 valence electrons. The lowest BCUT2D eigenvalue weighted by Gasteiger charge is -2.15. The van der Waals surface area contributed by atoms with E-state index < -0.39 is 0 Å². The zero-order valence-corrected chi connectivity index (χ0v) is 17.9. The molecule has 0 saturated carbocycles. The number of nitrogens with zero attached hydrogens (tertiary/aromatic N) is 1. The second-order valence-corrected chi connectivity index (χ2v) is 7.02. The van der Waals surface area contributed by atoms with Crippen molar-refractivity contribution in [1.82, 2.24) is 9.97 Å². The summed E-state index contributed by atoms with van der Waals surface area (Å²) in [5.74, 6) is 1.07. The Labute approximate surface area is 184 Å². The summed E-state index contributed by atoms with van der Waals surface area (Å²) in [6, 6.07) is 15.2. The number of rotatable bonds is 7. The molecule has 0 bridgehead atoms. The van der Waals surface area contributed by atoms with Gasteiger partial charge in [-0.05, 0) is 42.0 Å². The lowest BCUT2D eigenvalue weighted by molar-refractivity contribution is 0.102. The van der Waals surface area contributed by atoms with Crippen molar-refractivity contribution in [3.05, 3.63) is 77.4 Å². The van der Waals surface area contributed by atoms with E-state index in [1.807, 2.05) is 0 Å². The van der Waals surface area contributed by atoms with Crippen molar-refractivity contribution in [2.75, 3.05) is 26.6 Å². The minimum atomic E-state index is -0.367. The molecule has 0 atom stereocenters. The molecule has 2 N–H and O–H groups in total. The van der Waals surface area contributed by atoms with Gasteiger partial charge in [0.15, 0.2) is 11.5 Å². The lowest BCUT2D eigenvalue weighted by Crippen LogP contribution is -2.14. The minimum absolute atomic E-state index is 0.273. The van der Waals surface area contributed by atoms with Crippen molar-refractivity contribution in [3.8, 4) is 17.2 Å². The summed E-state index contributed by atoms with van der Waals surface area (Å²) in [6.45, 7) is 0. The quantitative estimate of drug-likeness (QED) is 0.444. The maximum atomic E-state index is 13.9. The molecule has 0 radical (unpaired) electrons. The maximum absolute atomic E-state index is 13.9. The fourth-order valence-electron chi connectivity index (χ4n) is 3.52. The topological polar surface area (TPSA) is 85.5 Å². The third-order valence-electron chi connectivity index (χ3n) is 5.05. The fraction of sp³-hybridized carbons (Fsp3) is 0.167. The van der Waals surface area contributed by atoms with Gasteiger partial charge in [-0.3, -0.25) is 4.79 Å². The number of hydrogen-bond donors (Lipinski definition) is 2. The third-order valence-corrected chi connectivity index (χ3v) is 5.05. The van der Waals surface area contributed by atoms with Crippen LogP contribution in [0.2, 0.25) is 0 Å². The summed E-state index contributed by atoms with van der Waals surface area (Å²) in [5, 5.41) is 2.86. The Morgan fingerprint density at radius 2 is 1.78 bits per heavy atom. The molecule has 0 aliphatic heterocycles. The van der Waals surface area contributed by atoms with E-state index in [2.05, 4.69) is 15.3 Å². The van der Waals surface area contributed by atoms with Gasteiger partial charge < -0.3 is 24.5 Å². The Morgan fingerprint density at radius 3 is 2.50 bits per heavy atom. The van der Waals surface area contributed by atoms with Gasteiger partial charge in [-0.15, -0.1) is 0 Å². The van der Waals surface area contributed by atoms with Gasteiger partial charge in [0, 0.05) is 12.1 Å². The first kappa shape index (κ1) is 21.2. The average Bonchev–Trinajstić information content (AvgIpc) is 3.20. The number of amides is 1. The number of ether oxygens (including phenoxy) is 3. The first-order valence-electron chi connectivity index (χ1n) is 9.86. The third kappa shape index (κ3) is 4.07. The van der Waals surface area contributed by atoms with Crippen LogP contribution in [0.25, 0.3) is 11.0 Å². The first-order valence-corrected chi connectivity index (χ1v) is 9.86. The summed E-state index contributed by atoms with van der Waals surface area (Å²) in [7, 11) is 4.45. The van der Waals surface area contributed by atoms with Crippen LogP contribution in [-0.2, 0) is 6.42 Å². The number of methoxy groups -OCH3 is 3. The molecule has 32 heavy (non-hydrogen) atoms. The molecule has 1 aromatic heterocycles. The molecule has 7 nitrogen and oxygen atoms in total. The zero-order chi connectivity index (χ0) is 22.7. The Kier molecular flexibility index (Phi) is 5.93. The summed E-state index contributed by atoms with van der Waals surface area (Å²) in [4.78, 5) is 20.6.